The number of nitrogens with zero attached hydrogens (tertiary/aromatic N) is 2. The molecule has 1 saturated carbocycles. The lowest BCUT2D eigenvalue weighted by Gasteiger charge is -2.32. The number of nitrogens with two attached hydrogens (primary N) is 1. The summed E-state index contributed by atoms with van der Waals surface area (Å²) in [6.45, 7) is -8.62. The van der Waals surface area contributed by atoms with E-state index in [4.69, 9.17) is 18.1 Å². The Bertz CT molecular complexity index is 805. The minimum atomic E-state index is -3.51. The van der Waals surface area contributed by atoms with Gasteiger partial charge >= 0.3 is 0 Å². The fraction of sp³-hybridized carbons (Fsp3) is 0.688. The van der Waals surface area contributed by atoms with Gasteiger partial charge in [0.05, 0.1) is 11.7 Å². The van der Waals surface area contributed by atoms with Crippen molar-refractivity contribution < 1.29 is 22.2 Å². The Morgan fingerprint density at radius 2 is 2.22 bits per heavy atom. The van der Waals surface area contributed by atoms with Crippen molar-refractivity contribution >= 4 is 17.7 Å². The Morgan fingerprint density at radius 3 is 2.83 bits per heavy atom. The number of nitrogens with one attached hydrogen (secondary N) is 2. The first-order chi connectivity index (χ1) is 14.4. The van der Waals surface area contributed by atoms with Gasteiger partial charge in [0.1, 0.15) is 5.82 Å². The summed E-state index contributed by atoms with van der Waals surface area (Å²) in [5.74, 6) is -1.56. The number of amides is 1. The van der Waals surface area contributed by atoms with Gasteiger partial charge < -0.3 is 21.5 Å². The molecule has 0 bridgehead atoms. The molecule has 128 valence electrons. The maximum absolute atomic E-state index is 11.8. The van der Waals surface area contributed by atoms with Gasteiger partial charge in [0.2, 0.25) is 5.95 Å². The van der Waals surface area contributed by atoms with Crippen molar-refractivity contribution in [1.82, 2.24) is 9.97 Å². The van der Waals surface area contributed by atoms with Gasteiger partial charge in [-0.25, -0.2) is 4.98 Å². The van der Waals surface area contributed by atoms with Gasteiger partial charge in [-0.1, -0.05) is 6.92 Å². The van der Waals surface area contributed by atoms with Crippen molar-refractivity contribution in [2.45, 2.75) is 64.4 Å². The van der Waals surface area contributed by atoms with E-state index in [0.717, 1.165) is 6.20 Å². The van der Waals surface area contributed by atoms with Crippen molar-refractivity contribution in [3.63, 3.8) is 0 Å². The highest BCUT2D eigenvalue weighted by molar-refractivity contribution is 5.97. The van der Waals surface area contributed by atoms with Crippen LogP contribution in [0, 0.1) is 5.92 Å². The summed E-state index contributed by atoms with van der Waals surface area (Å²) in [6.07, 6.45) is 2.03. The summed E-state index contributed by atoms with van der Waals surface area (Å²) < 4.78 is 69.2. The minimum absolute atomic E-state index is 0.0877. The largest absolute Gasteiger partial charge is 0.393 e. The van der Waals surface area contributed by atoms with E-state index in [2.05, 4.69) is 15.3 Å². The summed E-state index contributed by atoms with van der Waals surface area (Å²) in [5.41, 5.74) is 1.81. The van der Waals surface area contributed by atoms with Crippen molar-refractivity contribution in [2.75, 3.05) is 10.6 Å². The first-order valence-electron chi connectivity index (χ1n) is 11.8. The molecule has 0 unspecified atom stereocenters. The van der Waals surface area contributed by atoms with Crippen LogP contribution in [0.15, 0.2) is 6.20 Å². The van der Waals surface area contributed by atoms with E-state index in [-0.39, 0.29) is 23.3 Å². The Morgan fingerprint density at radius 1 is 1.48 bits per heavy atom. The fourth-order valence-corrected chi connectivity index (χ4v) is 2.52. The molecule has 1 aromatic heterocycles. The van der Waals surface area contributed by atoms with Gasteiger partial charge in [-0.05, 0) is 45.7 Å². The van der Waals surface area contributed by atoms with E-state index in [1.165, 1.54) is 0 Å². The first kappa shape index (κ1) is 8.82. The maximum Gasteiger partial charge on any atom is 0.254 e. The van der Waals surface area contributed by atoms with Gasteiger partial charge in [-0.3, -0.25) is 4.79 Å². The molecule has 0 spiro atoms. The minimum Gasteiger partial charge on any atom is -0.393 e. The van der Waals surface area contributed by atoms with Crippen LogP contribution in [0.4, 0.5) is 11.8 Å². The molecule has 1 amide bonds. The molecule has 0 aliphatic heterocycles. The lowest BCUT2D eigenvalue weighted by Crippen LogP contribution is -2.36. The average molecular weight is 330 g/mol. The number of anilines is 2. The summed E-state index contributed by atoms with van der Waals surface area (Å²) in [6, 6.07) is -0.306. The summed E-state index contributed by atoms with van der Waals surface area (Å²) in [5, 5.41) is 15.1. The lowest BCUT2D eigenvalue weighted by atomic mass is 9.85. The first-order valence-corrected chi connectivity index (χ1v) is 7.30. The van der Waals surface area contributed by atoms with Crippen LogP contribution in [0.5, 0.6) is 0 Å². The number of primary amides is 1. The number of hydrogen-bond donors (Lipinski definition) is 4. The quantitative estimate of drug-likeness (QED) is 0.669. The third kappa shape index (κ3) is 4.79. The molecule has 23 heavy (non-hydrogen) atoms. The second kappa shape index (κ2) is 6.70. The molecule has 5 N–H and O–H groups in total. The van der Waals surface area contributed by atoms with Gasteiger partial charge in [-0.2, -0.15) is 4.98 Å². The monoisotopic (exact) mass is 330 g/mol. The van der Waals surface area contributed by atoms with Gasteiger partial charge in [0.25, 0.3) is 5.91 Å². The van der Waals surface area contributed by atoms with E-state index in [9.17, 15) is 9.90 Å². The van der Waals surface area contributed by atoms with Crippen LogP contribution in [-0.4, -0.2) is 38.7 Å². The molecular formula is C16H27N5O2. The standard InChI is InChI=1S/C16H27N5O2/c1-9-5-6-10(7-12(9)22)19-14-11(13(17)23)8-18-15(20-14)21-16(2,3)4/h8-10,12,22H,5-7H2,1-4H3,(H2,17,23)(H2,18,19,20,21)/t9-,10-,12-/m1/s1/i2D3,3D3,4D3. The Kier molecular flexibility index (Phi) is 2.57. The smallest absolute Gasteiger partial charge is 0.254 e. The van der Waals surface area contributed by atoms with Crippen LogP contribution in [-0.2, 0) is 0 Å². The van der Waals surface area contributed by atoms with Gasteiger partial charge in [-0.15, -0.1) is 0 Å². The van der Waals surface area contributed by atoms with Crippen LogP contribution in [0.2, 0.25) is 0 Å². The number of hydrogen-bond acceptors (Lipinski definition) is 6. The molecule has 3 atom stereocenters. The second-order valence-corrected chi connectivity index (χ2v) is 5.89. The lowest BCUT2D eigenvalue weighted by molar-refractivity contribution is 0.0739. The van der Waals surface area contributed by atoms with Crippen molar-refractivity contribution in [1.29, 1.82) is 0 Å². The van der Waals surface area contributed by atoms with E-state index in [1.807, 2.05) is 12.2 Å². The fourth-order valence-electron chi connectivity index (χ4n) is 2.52. The average Bonchev–Trinajstić information content (AvgIpc) is 2.59. The SMILES string of the molecule is [2H]C([2H])([2H])C(Nc1ncc(C(N)=O)c(N[C@@H]2CC[C@@H](C)[C@H](O)C2)n1)(C([2H])([2H])[2H])C([2H])([2H])[2H]. The molecule has 7 nitrogen and oxygen atoms in total. The van der Waals surface area contributed by atoms with Crippen LogP contribution in [0.1, 0.15) is 69.4 Å². The number of aliphatic hydroxyl groups excluding tert-OH is 1. The van der Waals surface area contributed by atoms with Gasteiger partial charge in [0, 0.05) is 30.1 Å². The number of aromatic nitrogens is 2. The predicted molar refractivity (Wildman–Crippen MR) is 90.4 cm³/mol. The van der Waals surface area contributed by atoms with Crippen LogP contribution in [0.3, 0.4) is 0 Å². The molecule has 1 aromatic rings. The maximum atomic E-state index is 11.8. The van der Waals surface area contributed by atoms with E-state index >= 15 is 0 Å². The highest BCUT2D eigenvalue weighted by Crippen LogP contribution is 2.27. The molecule has 1 fully saturated rings. The number of aliphatic hydroxyl groups is 1. The zero-order chi connectivity index (χ0) is 24.7. The normalized spacial score (nSPS) is 32.4. The number of carbonyl (C=O) groups excluding carboxylic acids is 1. The molecular weight excluding hydrogens is 294 g/mol. The molecule has 1 heterocycles. The summed E-state index contributed by atoms with van der Waals surface area (Å²) >= 11 is 0. The van der Waals surface area contributed by atoms with E-state index in [0.29, 0.717) is 19.3 Å². The Hall–Kier alpha value is -1.89. The topological polar surface area (TPSA) is 113 Å². The molecule has 7 heteroatoms. The third-order valence-corrected chi connectivity index (χ3v) is 3.85. The zero-order valence-corrected chi connectivity index (χ0v) is 12.8. The highest BCUT2D eigenvalue weighted by atomic mass is 16.3. The highest BCUT2D eigenvalue weighted by Gasteiger charge is 2.27. The van der Waals surface area contributed by atoms with E-state index < -0.39 is 44.1 Å². The van der Waals surface area contributed by atoms with Gasteiger partial charge in [0.15, 0.2) is 0 Å². The van der Waals surface area contributed by atoms with Crippen molar-refractivity contribution in [2.24, 2.45) is 11.7 Å². The molecule has 0 saturated heterocycles. The molecule has 1 aliphatic carbocycles. The number of rotatable bonds is 4. The third-order valence-electron chi connectivity index (χ3n) is 3.85. The van der Waals surface area contributed by atoms with Crippen LogP contribution >= 0.6 is 0 Å². The van der Waals surface area contributed by atoms with Crippen molar-refractivity contribution in [3.8, 4) is 0 Å². The Labute approximate surface area is 149 Å². The molecule has 1 aliphatic rings. The molecule has 0 aromatic carbocycles. The second-order valence-electron chi connectivity index (χ2n) is 5.89. The van der Waals surface area contributed by atoms with Crippen LogP contribution in [0.25, 0.3) is 0 Å². The predicted octanol–water partition coefficient (Wildman–Crippen LogP) is 1.75. The summed E-state index contributed by atoms with van der Waals surface area (Å²) in [4.78, 5) is 19.6. The Balaban J connectivity index is 2.51. The molecule has 0 radical (unpaired) electrons. The van der Waals surface area contributed by atoms with E-state index in [1.54, 1.807) is 0 Å². The summed E-state index contributed by atoms with van der Waals surface area (Å²) in [7, 11) is 0. The molecule has 2 rings (SSSR count). The van der Waals surface area contributed by atoms with Crippen LogP contribution < -0.4 is 16.4 Å². The number of carbonyl (C=O) groups is 1. The van der Waals surface area contributed by atoms with Crippen molar-refractivity contribution in [3.05, 3.63) is 11.8 Å². The zero-order valence-electron chi connectivity index (χ0n) is 21.8.